The third kappa shape index (κ3) is 4.23. The van der Waals surface area contributed by atoms with Gasteiger partial charge in [0.15, 0.2) is 0 Å². The third-order valence-electron chi connectivity index (χ3n) is 4.70. The van der Waals surface area contributed by atoms with Crippen LogP contribution >= 0.6 is 23.4 Å². The number of carbonyl (C=O) groups is 2. The number of imide groups is 1. The summed E-state index contributed by atoms with van der Waals surface area (Å²) in [6, 6.07) is 18.9. The van der Waals surface area contributed by atoms with Gasteiger partial charge in [-0.2, -0.15) is 0 Å². The summed E-state index contributed by atoms with van der Waals surface area (Å²) in [5, 5.41) is 2.34. The zero-order valence-corrected chi connectivity index (χ0v) is 18.2. The van der Waals surface area contributed by atoms with Gasteiger partial charge in [-0.3, -0.25) is 14.5 Å². The van der Waals surface area contributed by atoms with Gasteiger partial charge in [0.2, 0.25) is 0 Å². The molecule has 0 aromatic heterocycles. The van der Waals surface area contributed by atoms with Gasteiger partial charge in [0.1, 0.15) is 5.75 Å². The zero-order chi connectivity index (χ0) is 21.3. The molecule has 1 saturated heterocycles. The van der Waals surface area contributed by atoms with Crippen LogP contribution in [-0.4, -0.2) is 22.2 Å². The number of hydrogen-bond acceptors (Lipinski definition) is 4. The van der Waals surface area contributed by atoms with Gasteiger partial charge in [0, 0.05) is 10.6 Å². The molecule has 1 fully saturated rings. The van der Waals surface area contributed by atoms with Gasteiger partial charge in [0.05, 0.1) is 17.6 Å². The number of ether oxygens (including phenoxy) is 1. The normalized spacial score (nSPS) is 15.6. The van der Waals surface area contributed by atoms with E-state index >= 15 is 0 Å². The molecule has 4 nitrogen and oxygen atoms in total. The van der Waals surface area contributed by atoms with Gasteiger partial charge >= 0.3 is 0 Å². The number of rotatable bonds is 5. The fourth-order valence-corrected chi connectivity index (χ4v) is 4.27. The third-order valence-corrected chi connectivity index (χ3v) is 5.86. The SMILES string of the molecule is CC(C)Oc1ccc2ccccc2c1/C=C1\SC(=O)N(Cc2ccc(Cl)cc2)C1=O. The number of amides is 2. The predicted octanol–water partition coefficient (Wildman–Crippen LogP) is 6.52. The lowest BCUT2D eigenvalue weighted by Crippen LogP contribution is -2.27. The molecule has 0 N–H and O–H groups in total. The molecule has 0 atom stereocenters. The lowest BCUT2D eigenvalue weighted by molar-refractivity contribution is -0.123. The van der Waals surface area contributed by atoms with Crippen LogP contribution in [-0.2, 0) is 11.3 Å². The van der Waals surface area contributed by atoms with Crippen molar-refractivity contribution in [2.45, 2.75) is 26.5 Å². The predicted molar refractivity (Wildman–Crippen MR) is 123 cm³/mol. The van der Waals surface area contributed by atoms with E-state index in [0.29, 0.717) is 15.7 Å². The first-order chi connectivity index (χ1) is 14.4. The molecule has 0 unspecified atom stereocenters. The Bertz CT molecular complexity index is 1150. The first-order valence-corrected chi connectivity index (χ1v) is 10.8. The summed E-state index contributed by atoms with van der Waals surface area (Å²) in [6.07, 6.45) is 1.76. The average molecular weight is 438 g/mol. The largest absolute Gasteiger partial charge is 0.490 e. The smallest absolute Gasteiger partial charge is 0.293 e. The molecule has 2 amide bonds. The highest BCUT2D eigenvalue weighted by atomic mass is 35.5. The van der Waals surface area contributed by atoms with Crippen LogP contribution in [0.1, 0.15) is 25.0 Å². The summed E-state index contributed by atoms with van der Waals surface area (Å²) in [6.45, 7) is 4.13. The lowest BCUT2D eigenvalue weighted by Gasteiger charge is -2.15. The van der Waals surface area contributed by atoms with Crippen LogP contribution in [0.2, 0.25) is 5.02 Å². The van der Waals surface area contributed by atoms with Crippen molar-refractivity contribution in [1.29, 1.82) is 0 Å². The average Bonchev–Trinajstić information content (AvgIpc) is 2.98. The van der Waals surface area contributed by atoms with E-state index in [1.807, 2.05) is 62.4 Å². The number of nitrogens with zero attached hydrogens (tertiary/aromatic N) is 1. The second-order valence-electron chi connectivity index (χ2n) is 7.26. The number of hydrogen-bond donors (Lipinski definition) is 0. The van der Waals surface area contributed by atoms with E-state index < -0.39 is 0 Å². The van der Waals surface area contributed by atoms with Crippen molar-refractivity contribution in [3.8, 4) is 5.75 Å². The maximum atomic E-state index is 13.0. The molecule has 0 spiro atoms. The van der Waals surface area contributed by atoms with Gasteiger partial charge in [-0.15, -0.1) is 0 Å². The Morgan fingerprint density at radius 1 is 1.03 bits per heavy atom. The first kappa shape index (κ1) is 20.5. The van der Waals surface area contributed by atoms with Crippen LogP contribution in [0.3, 0.4) is 0 Å². The lowest BCUT2D eigenvalue weighted by atomic mass is 10.0. The van der Waals surface area contributed by atoms with Crippen molar-refractivity contribution < 1.29 is 14.3 Å². The summed E-state index contributed by atoms with van der Waals surface area (Å²) in [5.41, 5.74) is 1.65. The fourth-order valence-electron chi connectivity index (χ4n) is 3.32. The molecule has 0 radical (unpaired) electrons. The highest BCUT2D eigenvalue weighted by molar-refractivity contribution is 8.18. The zero-order valence-electron chi connectivity index (χ0n) is 16.6. The highest BCUT2D eigenvalue weighted by Gasteiger charge is 2.35. The molecule has 0 bridgehead atoms. The van der Waals surface area contributed by atoms with Crippen LogP contribution in [0.15, 0.2) is 65.6 Å². The Balaban J connectivity index is 1.71. The van der Waals surface area contributed by atoms with Gasteiger partial charge in [-0.1, -0.05) is 54.1 Å². The van der Waals surface area contributed by atoms with E-state index in [9.17, 15) is 9.59 Å². The molecule has 4 rings (SSSR count). The molecule has 0 saturated carbocycles. The van der Waals surface area contributed by atoms with Crippen molar-refractivity contribution >= 4 is 51.4 Å². The summed E-state index contributed by atoms with van der Waals surface area (Å²) >= 11 is 6.88. The summed E-state index contributed by atoms with van der Waals surface area (Å²) in [4.78, 5) is 27.2. The molecular formula is C24H20ClNO3S. The molecule has 152 valence electrons. The summed E-state index contributed by atoms with van der Waals surface area (Å²) < 4.78 is 5.98. The summed E-state index contributed by atoms with van der Waals surface area (Å²) in [5.74, 6) is 0.386. The highest BCUT2D eigenvalue weighted by Crippen LogP contribution is 2.37. The number of halogens is 1. The quantitative estimate of drug-likeness (QED) is 0.426. The maximum Gasteiger partial charge on any atom is 0.293 e. The van der Waals surface area contributed by atoms with Crippen molar-refractivity contribution in [2.24, 2.45) is 0 Å². The van der Waals surface area contributed by atoms with Crippen LogP contribution in [0.25, 0.3) is 16.8 Å². The van der Waals surface area contributed by atoms with Gasteiger partial charge < -0.3 is 4.74 Å². The maximum absolute atomic E-state index is 13.0. The molecular weight excluding hydrogens is 418 g/mol. The number of thioether (sulfide) groups is 1. The van der Waals surface area contributed by atoms with Crippen molar-refractivity contribution in [3.63, 3.8) is 0 Å². The topological polar surface area (TPSA) is 46.6 Å². The van der Waals surface area contributed by atoms with Crippen molar-refractivity contribution in [3.05, 3.63) is 81.7 Å². The minimum Gasteiger partial charge on any atom is -0.490 e. The van der Waals surface area contributed by atoms with Gasteiger partial charge in [-0.05, 0) is 66.2 Å². The Kier molecular flexibility index (Phi) is 5.84. The van der Waals surface area contributed by atoms with E-state index in [1.165, 1.54) is 4.90 Å². The number of benzene rings is 3. The Morgan fingerprint density at radius 2 is 1.77 bits per heavy atom. The molecule has 1 aliphatic heterocycles. The molecule has 3 aromatic carbocycles. The number of fused-ring (bicyclic) bond motifs is 1. The summed E-state index contributed by atoms with van der Waals surface area (Å²) in [7, 11) is 0. The van der Waals surface area contributed by atoms with Gasteiger partial charge in [-0.25, -0.2) is 0 Å². The Morgan fingerprint density at radius 3 is 2.50 bits per heavy atom. The fraction of sp³-hybridized carbons (Fsp3) is 0.167. The molecule has 3 aromatic rings. The van der Waals surface area contributed by atoms with Crippen LogP contribution in [0.4, 0.5) is 4.79 Å². The second-order valence-corrected chi connectivity index (χ2v) is 8.69. The minimum atomic E-state index is -0.302. The number of carbonyl (C=O) groups excluding carboxylic acids is 2. The monoisotopic (exact) mass is 437 g/mol. The second kappa shape index (κ2) is 8.54. The van der Waals surface area contributed by atoms with Crippen LogP contribution in [0, 0.1) is 0 Å². The Labute approximate surface area is 184 Å². The molecule has 6 heteroatoms. The molecule has 1 heterocycles. The standard InChI is InChI=1S/C24H20ClNO3S/c1-15(2)29-21-12-9-17-5-3-4-6-19(17)20(21)13-22-23(27)26(24(28)30-22)14-16-7-10-18(25)11-8-16/h3-13,15H,14H2,1-2H3/b22-13-. The van der Waals surface area contributed by atoms with Crippen LogP contribution in [0.5, 0.6) is 5.75 Å². The molecule has 0 aliphatic carbocycles. The van der Waals surface area contributed by atoms with E-state index in [1.54, 1.807) is 18.2 Å². The Hall–Kier alpha value is -2.76. The van der Waals surface area contributed by atoms with Crippen molar-refractivity contribution in [2.75, 3.05) is 0 Å². The van der Waals surface area contributed by atoms with E-state index in [-0.39, 0.29) is 23.8 Å². The molecule has 30 heavy (non-hydrogen) atoms. The van der Waals surface area contributed by atoms with Crippen LogP contribution < -0.4 is 4.74 Å². The minimum absolute atomic E-state index is 0.0155. The van der Waals surface area contributed by atoms with E-state index in [0.717, 1.165) is 33.7 Å². The molecule has 1 aliphatic rings. The van der Waals surface area contributed by atoms with Crippen molar-refractivity contribution in [1.82, 2.24) is 4.90 Å². The van der Waals surface area contributed by atoms with Gasteiger partial charge in [0.25, 0.3) is 11.1 Å². The van der Waals surface area contributed by atoms with E-state index in [2.05, 4.69) is 0 Å². The first-order valence-electron chi connectivity index (χ1n) is 9.60. The van der Waals surface area contributed by atoms with E-state index in [4.69, 9.17) is 16.3 Å².